The Bertz CT molecular complexity index is 1090. The van der Waals surface area contributed by atoms with Gasteiger partial charge in [0.05, 0.1) is 28.5 Å². The van der Waals surface area contributed by atoms with Crippen molar-refractivity contribution in [2.24, 2.45) is 0 Å². The van der Waals surface area contributed by atoms with Crippen molar-refractivity contribution in [2.45, 2.75) is 31.8 Å². The minimum atomic E-state index is -3.11. The zero-order chi connectivity index (χ0) is 19.3. The summed E-state index contributed by atoms with van der Waals surface area (Å²) in [5, 5.41) is 3.62. The Morgan fingerprint density at radius 2 is 2.07 bits per heavy atom. The summed E-state index contributed by atoms with van der Waals surface area (Å²) < 4.78 is 25.4. The molecule has 0 N–H and O–H groups in total. The minimum Gasteiger partial charge on any atom is -0.296 e. The maximum Gasteiger partial charge on any atom is 0.268 e. The molecule has 9 heteroatoms. The summed E-state index contributed by atoms with van der Waals surface area (Å²) in [4.78, 5) is 30.3. The maximum atomic E-state index is 13.1. The van der Waals surface area contributed by atoms with Crippen molar-refractivity contribution in [3.8, 4) is 0 Å². The summed E-state index contributed by atoms with van der Waals surface area (Å²) >= 11 is 0. The number of aryl methyl sites for hydroxylation is 1. The van der Waals surface area contributed by atoms with E-state index in [1.165, 1.54) is 5.01 Å². The van der Waals surface area contributed by atoms with E-state index in [2.05, 4.69) is 4.98 Å². The molecule has 2 aromatic rings. The van der Waals surface area contributed by atoms with Crippen LogP contribution in [0.5, 0.6) is 0 Å². The third-order valence-electron chi connectivity index (χ3n) is 5.26. The second kappa shape index (κ2) is 6.42. The zero-order valence-electron chi connectivity index (χ0n) is 15.4. The van der Waals surface area contributed by atoms with Gasteiger partial charge in [0.2, 0.25) is 0 Å². The molecule has 4 rings (SSSR count). The van der Waals surface area contributed by atoms with Gasteiger partial charge in [-0.25, -0.2) is 18.4 Å². The van der Waals surface area contributed by atoms with Crippen molar-refractivity contribution in [1.29, 1.82) is 0 Å². The summed E-state index contributed by atoms with van der Waals surface area (Å²) in [7, 11) is 0.333. The van der Waals surface area contributed by atoms with Crippen LogP contribution in [-0.2, 0) is 22.8 Å². The Morgan fingerprint density at radius 1 is 1.30 bits per heavy atom. The molecule has 8 nitrogen and oxygen atoms in total. The molecule has 1 atom stereocenters. The zero-order valence-corrected chi connectivity index (χ0v) is 16.2. The van der Waals surface area contributed by atoms with E-state index in [-0.39, 0.29) is 29.0 Å². The summed E-state index contributed by atoms with van der Waals surface area (Å²) in [5.74, 6) is 0.532. The molecule has 2 aliphatic heterocycles. The number of fused-ring (bicyclic) bond motifs is 2. The lowest BCUT2D eigenvalue weighted by Gasteiger charge is -2.33. The van der Waals surface area contributed by atoms with Crippen LogP contribution in [0.25, 0.3) is 10.9 Å². The van der Waals surface area contributed by atoms with Crippen LogP contribution in [-0.4, -0.2) is 65.5 Å². The van der Waals surface area contributed by atoms with Crippen LogP contribution in [0.1, 0.15) is 29.0 Å². The van der Waals surface area contributed by atoms with E-state index in [1.807, 2.05) is 0 Å². The number of hydrazine groups is 1. The molecule has 0 bridgehead atoms. The van der Waals surface area contributed by atoms with Gasteiger partial charge in [-0.1, -0.05) is 0 Å². The predicted octanol–water partition coefficient (Wildman–Crippen LogP) is 0.449. The Morgan fingerprint density at radius 3 is 2.74 bits per heavy atom. The first-order valence-electron chi connectivity index (χ1n) is 9.01. The number of amides is 1. The van der Waals surface area contributed by atoms with Crippen LogP contribution in [0.4, 0.5) is 0 Å². The molecule has 3 heterocycles. The molecular formula is C18H22N4O4S. The molecule has 0 radical (unpaired) electrons. The van der Waals surface area contributed by atoms with Gasteiger partial charge in [-0.3, -0.25) is 19.2 Å². The van der Waals surface area contributed by atoms with Gasteiger partial charge >= 0.3 is 0 Å². The van der Waals surface area contributed by atoms with Crippen LogP contribution in [0.2, 0.25) is 0 Å². The number of rotatable bonds is 3. The summed E-state index contributed by atoms with van der Waals surface area (Å²) in [6.07, 6.45) is 2.08. The van der Waals surface area contributed by atoms with Gasteiger partial charge in [0.25, 0.3) is 11.5 Å². The fourth-order valence-corrected chi connectivity index (χ4v) is 5.68. The lowest BCUT2D eigenvalue weighted by Crippen LogP contribution is -2.49. The molecule has 0 unspecified atom stereocenters. The normalized spacial score (nSPS) is 20.9. The SMILES string of the molecule is CN(C)N(C(=O)c1ccc2c(=O)n3c(nc2c1)CCC3)[C@H]1CCS(=O)(=O)C1. The number of carbonyl (C=O) groups excluding carboxylic acids is 1. The molecule has 1 aromatic carbocycles. The highest BCUT2D eigenvalue weighted by molar-refractivity contribution is 7.91. The molecule has 0 spiro atoms. The Balaban J connectivity index is 1.73. The van der Waals surface area contributed by atoms with Crippen molar-refractivity contribution >= 4 is 26.6 Å². The van der Waals surface area contributed by atoms with E-state index in [0.29, 0.717) is 29.4 Å². The fourth-order valence-electron chi connectivity index (χ4n) is 3.99. The minimum absolute atomic E-state index is 0.0302. The highest BCUT2D eigenvalue weighted by Gasteiger charge is 2.36. The number of sulfone groups is 1. The second-order valence-corrected chi connectivity index (χ2v) is 9.60. The average Bonchev–Trinajstić information content (AvgIpc) is 3.20. The molecule has 1 saturated heterocycles. The largest absolute Gasteiger partial charge is 0.296 e. The quantitative estimate of drug-likeness (QED) is 0.707. The molecule has 0 saturated carbocycles. The number of hydrogen-bond donors (Lipinski definition) is 0. The molecule has 144 valence electrons. The molecule has 1 aromatic heterocycles. The first kappa shape index (κ1) is 18.1. The van der Waals surface area contributed by atoms with Crippen molar-refractivity contribution < 1.29 is 13.2 Å². The Hall–Kier alpha value is -2.26. The van der Waals surface area contributed by atoms with Gasteiger partial charge < -0.3 is 0 Å². The molecular weight excluding hydrogens is 368 g/mol. The lowest BCUT2D eigenvalue weighted by atomic mass is 10.1. The predicted molar refractivity (Wildman–Crippen MR) is 101 cm³/mol. The van der Waals surface area contributed by atoms with Gasteiger partial charge in [-0.15, -0.1) is 0 Å². The number of aromatic nitrogens is 2. The van der Waals surface area contributed by atoms with E-state index in [9.17, 15) is 18.0 Å². The van der Waals surface area contributed by atoms with Gasteiger partial charge in [0, 0.05) is 32.6 Å². The number of benzene rings is 1. The average molecular weight is 390 g/mol. The first-order chi connectivity index (χ1) is 12.8. The topological polar surface area (TPSA) is 92.6 Å². The van der Waals surface area contributed by atoms with Crippen LogP contribution in [0.15, 0.2) is 23.0 Å². The summed E-state index contributed by atoms with van der Waals surface area (Å²) in [5.41, 5.74) is 0.838. The maximum absolute atomic E-state index is 13.1. The van der Waals surface area contributed by atoms with Crippen molar-refractivity contribution in [3.05, 3.63) is 39.9 Å². The van der Waals surface area contributed by atoms with Crippen LogP contribution >= 0.6 is 0 Å². The third-order valence-corrected chi connectivity index (χ3v) is 7.01. The molecule has 1 fully saturated rings. The summed E-state index contributed by atoms with van der Waals surface area (Å²) in [6.45, 7) is 0.683. The first-order valence-corrected chi connectivity index (χ1v) is 10.8. The van der Waals surface area contributed by atoms with E-state index >= 15 is 0 Å². The van der Waals surface area contributed by atoms with Crippen LogP contribution in [0.3, 0.4) is 0 Å². The number of hydrogen-bond acceptors (Lipinski definition) is 6. The van der Waals surface area contributed by atoms with Gasteiger partial charge in [0.1, 0.15) is 5.82 Å². The van der Waals surface area contributed by atoms with Crippen LogP contribution in [0, 0.1) is 0 Å². The standard InChI is InChI=1S/C18H22N4O4S/c1-20(2)22(13-7-9-27(25,26)11-13)17(23)12-5-6-14-15(10-12)19-16-4-3-8-21(16)18(14)24/h5-6,10,13H,3-4,7-9,11H2,1-2H3/t13-/m0/s1. The van der Waals surface area contributed by atoms with Gasteiger partial charge in [0.15, 0.2) is 9.84 Å². The number of nitrogens with zero attached hydrogens (tertiary/aromatic N) is 4. The van der Waals surface area contributed by atoms with E-state index < -0.39 is 9.84 Å². The Labute approximate surface area is 157 Å². The van der Waals surface area contributed by atoms with E-state index in [1.54, 1.807) is 41.9 Å². The van der Waals surface area contributed by atoms with Gasteiger partial charge in [-0.05, 0) is 31.0 Å². The van der Waals surface area contributed by atoms with Crippen molar-refractivity contribution in [2.75, 3.05) is 25.6 Å². The Kier molecular flexibility index (Phi) is 4.31. The van der Waals surface area contributed by atoms with Crippen molar-refractivity contribution in [1.82, 2.24) is 19.6 Å². The third kappa shape index (κ3) is 3.14. The van der Waals surface area contributed by atoms with E-state index in [4.69, 9.17) is 0 Å². The molecule has 27 heavy (non-hydrogen) atoms. The highest BCUT2D eigenvalue weighted by atomic mass is 32.2. The summed E-state index contributed by atoms with van der Waals surface area (Å²) in [6, 6.07) is 4.52. The smallest absolute Gasteiger partial charge is 0.268 e. The number of carbonyl (C=O) groups is 1. The molecule has 0 aliphatic carbocycles. The van der Waals surface area contributed by atoms with Crippen molar-refractivity contribution in [3.63, 3.8) is 0 Å². The molecule has 2 aliphatic rings. The van der Waals surface area contributed by atoms with Crippen LogP contribution < -0.4 is 5.56 Å². The molecule has 1 amide bonds. The second-order valence-electron chi connectivity index (χ2n) is 7.37. The monoisotopic (exact) mass is 390 g/mol. The highest BCUT2D eigenvalue weighted by Crippen LogP contribution is 2.22. The van der Waals surface area contributed by atoms with Gasteiger partial charge in [-0.2, -0.15) is 0 Å². The lowest BCUT2D eigenvalue weighted by molar-refractivity contribution is 0.00102. The van der Waals surface area contributed by atoms with E-state index in [0.717, 1.165) is 18.7 Å². The fraction of sp³-hybridized carbons (Fsp3) is 0.500.